The van der Waals surface area contributed by atoms with Crippen LogP contribution >= 0.6 is 0 Å². The molecule has 6 heteroatoms. The molecular formula is C24H28N4O2. The predicted molar refractivity (Wildman–Crippen MR) is 118 cm³/mol. The van der Waals surface area contributed by atoms with Crippen LogP contribution in [0, 0.1) is 0 Å². The van der Waals surface area contributed by atoms with Gasteiger partial charge in [-0.1, -0.05) is 42.5 Å². The number of fused-ring (bicyclic) bond motifs is 1. The van der Waals surface area contributed by atoms with Crippen LogP contribution in [0.5, 0.6) is 0 Å². The fraction of sp³-hybridized carbons (Fsp3) is 0.375. The molecule has 1 aliphatic rings. The van der Waals surface area contributed by atoms with E-state index in [1.807, 2.05) is 30.3 Å². The first-order valence-corrected chi connectivity index (χ1v) is 10.6. The number of piperidine rings is 1. The zero-order chi connectivity index (χ0) is 20.9. The fourth-order valence-electron chi connectivity index (χ4n) is 4.11. The molecule has 0 bridgehead atoms. The van der Waals surface area contributed by atoms with E-state index in [0.717, 1.165) is 43.5 Å². The molecule has 1 fully saturated rings. The van der Waals surface area contributed by atoms with E-state index in [4.69, 9.17) is 0 Å². The lowest BCUT2D eigenvalue weighted by Gasteiger charge is -2.32. The summed E-state index contributed by atoms with van der Waals surface area (Å²) in [4.78, 5) is 31.9. The second-order valence-corrected chi connectivity index (χ2v) is 8.01. The third kappa shape index (κ3) is 4.76. The third-order valence-corrected chi connectivity index (χ3v) is 5.84. The van der Waals surface area contributed by atoms with Crippen molar-refractivity contribution in [1.29, 1.82) is 0 Å². The first-order chi connectivity index (χ1) is 14.6. The molecule has 0 radical (unpaired) electrons. The molecule has 1 amide bonds. The molecule has 2 aromatic carbocycles. The summed E-state index contributed by atoms with van der Waals surface area (Å²) in [5, 5.41) is 3.14. The van der Waals surface area contributed by atoms with Crippen LogP contribution in [0.4, 0.5) is 0 Å². The highest BCUT2D eigenvalue weighted by Gasteiger charge is 2.21. The number of nitrogens with one attached hydrogen (secondary N) is 1. The quantitative estimate of drug-likeness (QED) is 0.686. The van der Waals surface area contributed by atoms with Crippen molar-refractivity contribution >= 4 is 16.9 Å². The van der Waals surface area contributed by atoms with E-state index in [1.54, 1.807) is 11.6 Å². The van der Waals surface area contributed by atoms with Gasteiger partial charge in [0.05, 0.1) is 11.0 Å². The largest absolute Gasteiger partial charge is 0.353 e. The van der Waals surface area contributed by atoms with E-state index in [-0.39, 0.29) is 23.9 Å². The van der Waals surface area contributed by atoms with Gasteiger partial charge in [0.15, 0.2) is 0 Å². The molecule has 0 spiro atoms. The van der Waals surface area contributed by atoms with Gasteiger partial charge in [-0.25, -0.2) is 4.98 Å². The molecule has 4 rings (SSSR count). The normalized spacial score (nSPS) is 15.4. The number of para-hydroxylation sites is 2. The maximum atomic E-state index is 12.5. The second kappa shape index (κ2) is 9.22. The molecule has 156 valence electrons. The number of aromatic nitrogens is 2. The number of rotatable bonds is 6. The number of amides is 1. The second-order valence-electron chi connectivity index (χ2n) is 8.01. The lowest BCUT2D eigenvalue weighted by atomic mass is 10.0. The lowest BCUT2D eigenvalue weighted by Crippen LogP contribution is -2.44. The van der Waals surface area contributed by atoms with Gasteiger partial charge in [0.1, 0.15) is 5.69 Å². The average Bonchev–Trinajstić information content (AvgIpc) is 2.77. The molecule has 1 saturated heterocycles. The van der Waals surface area contributed by atoms with Crippen LogP contribution < -0.4 is 10.9 Å². The Hall–Kier alpha value is -2.99. The van der Waals surface area contributed by atoms with E-state index >= 15 is 0 Å². The Morgan fingerprint density at radius 1 is 1.07 bits per heavy atom. The molecule has 0 saturated carbocycles. The Bertz CT molecular complexity index is 1070. The van der Waals surface area contributed by atoms with Crippen LogP contribution in [0.2, 0.25) is 0 Å². The Labute approximate surface area is 176 Å². The number of nitrogens with zero attached hydrogens (tertiary/aromatic N) is 3. The van der Waals surface area contributed by atoms with Gasteiger partial charge in [-0.15, -0.1) is 0 Å². The number of benzene rings is 2. The minimum Gasteiger partial charge on any atom is -0.353 e. The molecule has 1 aliphatic heterocycles. The van der Waals surface area contributed by atoms with Crippen LogP contribution in [0.25, 0.3) is 11.0 Å². The van der Waals surface area contributed by atoms with Gasteiger partial charge in [0.25, 0.3) is 5.56 Å². The van der Waals surface area contributed by atoms with Gasteiger partial charge in [0.2, 0.25) is 5.91 Å². The predicted octanol–water partition coefficient (Wildman–Crippen LogP) is 2.65. The lowest BCUT2D eigenvalue weighted by molar-refractivity contribution is -0.122. The number of hydrogen-bond donors (Lipinski definition) is 1. The summed E-state index contributed by atoms with van der Waals surface area (Å²) in [5.41, 5.74) is 3.22. The van der Waals surface area contributed by atoms with Gasteiger partial charge in [-0.3, -0.25) is 14.5 Å². The Morgan fingerprint density at radius 2 is 1.77 bits per heavy atom. The van der Waals surface area contributed by atoms with Gasteiger partial charge >= 0.3 is 0 Å². The summed E-state index contributed by atoms with van der Waals surface area (Å²) in [5.74, 6) is -0.00600. The maximum Gasteiger partial charge on any atom is 0.272 e. The van der Waals surface area contributed by atoms with E-state index in [2.05, 4.69) is 39.5 Å². The van der Waals surface area contributed by atoms with Crippen molar-refractivity contribution in [2.45, 2.75) is 38.3 Å². The molecule has 3 aromatic rings. The van der Waals surface area contributed by atoms with Crippen molar-refractivity contribution in [3.05, 3.63) is 76.2 Å². The summed E-state index contributed by atoms with van der Waals surface area (Å²) in [7, 11) is 1.75. The van der Waals surface area contributed by atoms with E-state index in [0.29, 0.717) is 12.1 Å². The highest BCUT2D eigenvalue weighted by Crippen LogP contribution is 2.14. The van der Waals surface area contributed by atoms with Crippen LogP contribution in [0.15, 0.2) is 59.4 Å². The molecule has 2 heterocycles. The van der Waals surface area contributed by atoms with Crippen LogP contribution in [-0.4, -0.2) is 39.5 Å². The minimum atomic E-state index is -0.129. The van der Waals surface area contributed by atoms with Crippen molar-refractivity contribution in [1.82, 2.24) is 19.8 Å². The average molecular weight is 405 g/mol. The van der Waals surface area contributed by atoms with Crippen LogP contribution in [0.3, 0.4) is 0 Å². The molecule has 0 aliphatic carbocycles. The van der Waals surface area contributed by atoms with E-state index in [9.17, 15) is 9.59 Å². The molecule has 1 aromatic heterocycles. The van der Waals surface area contributed by atoms with Crippen LogP contribution in [0.1, 0.15) is 30.5 Å². The maximum absolute atomic E-state index is 12.5. The van der Waals surface area contributed by atoms with Crippen LogP contribution in [-0.2, 0) is 24.8 Å². The summed E-state index contributed by atoms with van der Waals surface area (Å²) in [6.45, 7) is 2.91. The number of carbonyl (C=O) groups excluding carboxylic acids is 1. The van der Waals surface area contributed by atoms with Crippen molar-refractivity contribution in [3.63, 3.8) is 0 Å². The zero-order valence-corrected chi connectivity index (χ0v) is 17.4. The van der Waals surface area contributed by atoms with Crippen molar-refractivity contribution < 1.29 is 4.79 Å². The Balaban J connectivity index is 1.27. The van der Waals surface area contributed by atoms with Crippen molar-refractivity contribution in [2.75, 3.05) is 13.1 Å². The first kappa shape index (κ1) is 20.3. The van der Waals surface area contributed by atoms with E-state index < -0.39 is 0 Å². The monoisotopic (exact) mass is 404 g/mol. The highest BCUT2D eigenvalue weighted by molar-refractivity contribution is 5.77. The molecule has 1 N–H and O–H groups in total. The first-order valence-electron chi connectivity index (χ1n) is 10.6. The summed E-state index contributed by atoms with van der Waals surface area (Å²) in [6.07, 6.45) is 2.55. The fourth-order valence-corrected chi connectivity index (χ4v) is 4.11. The van der Waals surface area contributed by atoms with Gasteiger partial charge in [-0.05, 0) is 30.5 Å². The van der Waals surface area contributed by atoms with Gasteiger partial charge < -0.3 is 9.88 Å². The van der Waals surface area contributed by atoms with Crippen molar-refractivity contribution in [3.8, 4) is 0 Å². The summed E-state index contributed by atoms with van der Waals surface area (Å²) >= 11 is 0. The minimum absolute atomic E-state index is 0.00600. The topological polar surface area (TPSA) is 67.2 Å². The third-order valence-electron chi connectivity index (χ3n) is 5.84. The summed E-state index contributed by atoms with van der Waals surface area (Å²) < 4.78 is 1.61. The smallest absolute Gasteiger partial charge is 0.272 e. The molecule has 30 heavy (non-hydrogen) atoms. The van der Waals surface area contributed by atoms with E-state index in [1.165, 1.54) is 5.56 Å². The Morgan fingerprint density at radius 3 is 2.53 bits per heavy atom. The number of likely N-dealkylation sites (tertiary alicyclic amines) is 1. The molecular weight excluding hydrogens is 376 g/mol. The summed E-state index contributed by atoms with van der Waals surface area (Å²) in [6, 6.07) is 18.2. The molecule has 0 atom stereocenters. The number of hydrogen-bond acceptors (Lipinski definition) is 4. The Kier molecular flexibility index (Phi) is 6.23. The van der Waals surface area contributed by atoms with Gasteiger partial charge in [-0.2, -0.15) is 0 Å². The molecule has 6 nitrogen and oxygen atoms in total. The van der Waals surface area contributed by atoms with Gasteiger partial charge in [0, 0.05) is 45.6 Å². The van der Waals surface area contributed by atoms with Crippen molar-refractivity contribution in [2.24, 2.45) is 7.05 Å². The SMILES string of the molecule is Cn1c(=O)c(CCC(=O)NC2CCN(Cc3ccccc3)CC2)nc2ccccc21. The number of aryl methyl sites for hydroxylation is 2. The zero-order valence-electron chi connectivity index (χ0n) is 17.4. The number of carbonyl (C=O) groups is 1. The highest BCUT2D eigenvalue weighted by atomic mass is 16.1. The standard InChI is InChI=1S/C24H28N4O2/c1-27-22-10-6-5-9-20(22)26-21(24(27)30)11-12-23(29)25-19-13-15-28(16-14-19)17-18-7-3-2-4-8-18/h2-10,19H,11-17H2,1H3,(H,25,29). The molecule has 0 unspecified atom stereocenters.